The van der Waals surface area contributed by atoms with Gasteiger partial charge in [0.15, 0.2) is 13.6 Å². The molecule has 0 spiro atoms. The number of hydrogen-bond donors (Lipinski definition) is 1. The van der Waals surface area contributed by atoms with Gasteiger partial charge in [0.05, 0.1) is 25.1 Å². The van der Waals surface area contributed by atoms with E-state index < -0.39 is 77.5 Å². The maximum Gasteiger partial charge on any atom is 0.301 e. The first-order valence-electron chi connectivity index (χ1n) is 10.5. The molecule has 2 saturated carbocycles. The van der Waals surface area contributed by atoms with Gasteiger partial charge >= 0.3 is 10.1 Å². The van der Waals surface area contributed by atoms with Gasteiger partial charge in [0.1, 0.15) is 19.5 Å². The summed E-state index contributed by atoms with van der Waals surface area (Å²) in [6, 6.07) is 1.76. The number of alkyl halides is 8. The van der Waals surface area contributed by atoms with Gasteiger partial charge in [-0.2, -0.15) is 8.42 Å². The predicted octanol–water partition coefficient (Wildman–Crippen LogP) is 8.95. The van der Waals surface area contributed by atoms with Crippen LogP contribution in [0.4, 0.5) is 5.69 Å². The van der Waals surface area contributed by atoms with Gasteiger partial charge in [-0.1, -0.05) is 92.8 Å². The fourth-order valence-electron chi connectivity index (χ4n) is 7.26. The molecule has 0 saturated heterocycles. The third kappa shape index (κ3) is 2.85. The fraction of sp³-hybridized carbons (Fsp3) is 0.500. The van der Waals surface area contributed by atoms with Crippen molar-refractivity contribution in [2.45, 2.75) is 44.9 Å². The van der Waals surface area contributed by atoms with E-state index in [9.17, 15) is 23.1 Å². The number of allylic oxidation sites excluding steroid dienone is 4. The quantitative estimate of drug-likeness (QED) is 0.140. The zero-order valence-electron chi connectivity index (χ0n) is 17.9. The summed E-state index contributed by atoms with van der Waals surface area (Å²) < 4.78 is 30.1. The summed E-state index contributed by atoms with van der Waals surface area (Å²) >= 11 is 82.5. The van der Waals surface area contributed by atoms with Crippen molar-refractivity contribution in [2.24, 2.45) is 11.8 Å². The van der Waals surface area contributed by atoms with Gasteiger partial charge < -0.3 is 0 Å². The van der Waals surface area contributed by atoms with Crippen molar-refractivity contribution in [3.05, 3.63) is 53.5 Å². The van der Waals surface area contributed by atoms with E-state index in [0.29, 0.717) is 0 Å². The summed E-state index contributed by atoms with van der Waals surface area (Å²) in [5.41, 5.74) is -0.984. The number of benzene rings is 1. The van der Waals surface area contributed by atoms with E-state index in [0.717, 1.165) is 12.1 Å². The van der Waals surface area contributed by atoms with Gasteiger partial charge in [0, 0.05) is 29.7 Å². The molecule has 6 rings (SSSR count). The molecule has 1 N–H and O–H groups in total. The number of rotatable bonds is 2. The van der Waals surface area contributed by atoms with Gasteiger partial charge in [-0.25, -0.2) is 0 Å². The van der Waals surface area contributed by atoms with E-state index in [2.05, 4.69) is 0 Å². The smallest absolute Gasteiger partial charge is 0.282 e. The van der Waals surface area contributed by atoms with E-state index >= 15 is 0 Å². The molecule has 0 aromatic heterocycles. The van der Waals surface area contributed by atoms with Gasteiger partial charge in [-0.3, -0.25) is 14.7 Å². The normalized spacial score (nSPS) is 44.5. The maximum atomic E-state index is 12.3. The summed E-state index contributed by atoms with van der Waals surface area (Å²) in [6.45, 7) is 0. The summed E-state index contributed by atoms with van der Waals surface area (Å²) in [6.07, 6.45) is 0. The number of hydrogen-bond acceptors (Lipinski definition) is 4. The van der Waals surface area contributed by atoms with Crippen molar-refractivity contribution in [3.63, 3.8) is 0 Å². The molecule has 0 radical (unpaired) electrons. The van der Waals surface area contributed by atoms with Gasteiger partial charge in [0.25, 0.3) is 5.69 Å². The minimum absolute atomic E-state index is 0.0115. The standard InChI is InChI=1S/C20H7Cl12NO5S/c21-11-13(23)17(27)9-7(15(11,25)19(17,29)30)3-1-5(33(34)35)6(39(36,37)38)2-4(3)8-10(9)18(28)14(24)12(22)16(8,26)20(18,31)32/h1-2,7-10H,(H,36,37,38)/t7-,8+,9+,10+,15+,16+,17+,18+/m1/s1. The molecule has 8 atom stereocenters. The molecule has 0 aliphatic heterocycles. The highest BCUT2D eigenvalue weighted by molar-refractivity contribution is 7.86. The summed E-state index contributed by atoms with van der Waals surface area (Å²) in [7, 11) is -5.17. The zero-order valence-corrected chi connectivity index (χ0v) is 27.8. The second-order valence-corrected chi connectivity index (χ2v) is 17.9. The van der Waals surface area contributed by atoms with E-state index in [-0.39, 0.29) is 31.3 Å². The molecule has 39 heavy (non-hydrogen) atoms. The van der Waals surface area contributed by atoms with Crippen LogP contribution in [0.2, 0.25) is 0 Å². The van der Waals surface area contributed by atoms with Crippen molar-refractivity contribution >= 4 is 155 Å². The highest BCUT2D eigenvalue weighted by Crippen LogP contribution is 2.88. The molecule has 0 unspecified atom stereocenters. The molecule has 0 heterocycles. The van der Waals surface area contributed by atoms with Crippen LogP contribution in [0.25, 0.3) is 0 Å². The highest BCUT2D eigenvalue weighted by Gasteiger charge is 2.92. The van der Waals surface area contributed by atoms with Crippen LogP contribution in [0, 0.1) is 22.0 Å². The number of nitrogens with zero attached hydrogens (tertiary/aromatic N) is 1. The first-order valence-corrected chi connectivity index (χ1v) is 16.4. The third-order valence-corrected chi connectivity index (χ3v) is 18.1. The van der Waals surface area contributed by atoms with Crippen LogP contribution >= 0.6 is 139 Å². The average Bonchev–Trinajstić information content (AvgIpc) is 3.16. The van der Waals surface area contributed by atoms with Crippen molar-refractivity contribution in [2.75, 3.05) is 0 Å². The number of nitro groups is 1. The molecule has 2 fully saturated rings. The topological polar surface area (TPSA) is 97.5 Å². The second-order valence-electron chi connectivity index (χ2n) is 9.94. The van der Waals surface area contributed by atoms with Crippen LogP contribution in [0.1, 0.15) is 23.0 Å². The van der Waals surface area contributed by atoms with Gasteiger partial charge in [-0.05, 0) is 17.2 Å². The van der Waals surface area contributed by atoms with Gasteiger partial charge in [0.2, 0.25) is 0 Å². The molecule has 5 aliphatic rings. The molecule has 0 amide bonds. The Kier molecular flexibility index (Phi) is 6.41. The van der Waals surface area contributed by atoms with Crippen LogP contribution in [-0.2, 0) is 10.1 Å². The Hall–Kier alpha value is 1.49. The van der Waals surface area contributed by atoms with Crippen LogP contribution in [0.15, 0.2) is 37.2 Å². The van der Waals surface area contributed by atoms with Crippen LogP contribution in [-0.4, -0.2) is 46.1 Å². The first kappa shape index (κ1) is 30.5. The van der Waals surface area contributed by atoms with Crippen LogP contribution in [0.5, 0.6) is 0 Å². The SMILES string of the molecule is O=[N+]([O-])c1cc2c(cc1S(=O)(=O)O)[C@H]1[C@@H]([C@@H]3[C@@H]2[C@]2(Cl)C(Cl)=C(Cl)[C@]3(Cl)C2(Cl)Cl)[C@]2(Cl)C(Cl)=C(Cl)[C@]1(Cl)C2(Cl)Cl. The molecule has 19 heteroatoms. The predicted molar refractivity (Wildman–Crippen MR) is 156 cm³/mol. The van der Waals surface area contributed by atoms with Crippen molar-refractivity contribution in [1.82, 2.24) is 0 Å². The van der Waals surface area contributed by atoms with E-state index in [1.807, 2.05) is 0 Å². The van der Waals surface area contributed by atoms with Crippen molar-refractivity contribution in [1.29, 1.82) is 0 Å². The minimum Gasteiger partial charge on any atom is -0.282 e. The Morgan fingerprint density at radius 3 is 1.36 bits per heavy atom. The Balaban J connectivity index is 1.84. The minimum atomic E-state index is -5.17. The summed E-state index contributed by atoms with van der Waals surface area (Å²) in [5, 5.41) is 11.1. The van der Waals surface area contributed by atoms with E-state index in [1.54, 1.807) is 0 Å². The first-order chi connectivity index (χ1) is 17.5. The van der Waals surface area contributed by atoms with Crippen LogP contribution < -0.4 is 0 Å². The maximum absolute atomic E-state index is 12.3. The van der Waals surface area contributed by atoms with Gasteiger partial charge in [-0.15, -0.1) is 46.4 Å². The van der Waals surface area contributed by atoms with Crippen molar-refractivity contribution in [3.8, 4) is 0 Å². The Morgan fingerprint density at radius 1 is 0.692 bits per heavy atom. The number of fused-ring (bicyclic) bond motifs is 14. The Labute approximate surface area is 280 Å². The molecule has 5 aliphatic carbocycles. The lowest BCUT2D eigenvalue weighted by atomic mass is 9.57. The zero-order chi connectivity index (χ0) is 29.4. The number of halogens is 12. The molecule has 212 valence electrons. The molecule has 1 aromatic rings. The second kappa shape index (κ2) is 8.20. The summed E-state index contributed by atoms with van der Waals surface area (Å²) in [5.74, 6) is -4.76. The molecule has 6 nitrogen and oxygen atoms in total. The third-order valence-electron chi connectivity index (χ3n) is 8.68. The summed E-state index contributed by atoms with van der Waals surface area (Å²) in [4.78, 5) is 1.87. The lowest BCUT2D eigenvalue weighted by Gasteiger charge is -2.52. The molecule has 1 aromatic carbocycles. The molecule has 4 bridgehead atoms. The molecular weight excluding hydrogens is 792 g/mol. The lowest BCUT2D eigenvalue weighted by Crippen LogP contribution is -2.53. The molecular formula is C20H7Cl12NO5S. The Morgan fingerprint density at radius 2 is 1.03 bits per heavy atom. The number of nitro benzene ring substituents is 1. The van der Waals surface area contributed by atoms with Crippen molar-refractivity contribution < 1.29 is 17.9 Å². The highest BCUT2D eigenvalue weighted by atomic mass is 35.5. The Bertz CT molecular complexity index is 1630. The lowest BCUT2D eigenvalue weighted by molar-refractivity contribution is -0.388. The van der Waals surface area contributed by atoms with E-state index in [4.69, 9.17) is 139 Å². The van der Waals surface area contributed by atoms with E-state index in [1.165, 1.54) is 0 Å². The monoisotopic (exact) mass is 793 g/mol. The fourth-order valence-corrected chi connectivity index (χ4v) is 14.0. The largest absolute Gasteiger partial charge is 0.301 e. The average molecular weight is 799 g/mol. The van der Waals surface area contributed by atoms with Crippen LogP contribution in [0.3, 0.4) is 0 Å².